The van der Waals surface area contributed by atoms with Gasteiger partial charge in [0, 0.05) is 69.3 Å². The summed E-state index contributed by atoms with van der Waals surface area (Å²) in [5, 5.41) is 0. The summed E-state index contributed by atoms with van der Waals surface area (Å²) in [4.78, 5) is 22.5. The number of aromatic nitrogens is 4. The number of morpholine rings is 1. The van der Waals surface area contributed by atoms with E-state index < -0.39 is 10.2 Å². The number of hydrogen-bond donors (Lipinski definition) is 2. The first-order chi connectivity index (χ1) is 15.5. The zero-order valence-electron chi connectivity index (χ0n) is 17.9. The van der Waals surface area contributed by atoms with Gasteiger partial charge in [0.2, 0.25) is 11.9 Å². The molecule has 2 aromatic rings. The van der Waals surface area contributed by atoms with E-state index in [0.29, 0.717) is 45.3 Å². The summed E-state index contributed by atoms with van der Waals surface area (Å²) in [6.07, 6.45) is 4.90. The lowest BCUT2D eigenvalue weighted by molar-refractivity contribution is 0.122. The SMILES string of the molecule is CNS(=O)(=O)N1CCC(N2CCc3c(-c4cnc(N)nc4)nc(N4CCOCC4)nc32)C1. The molecule has 32 heavy (non-hydrogen) atoms. The van der Waals surface area contributed by atoms with Gasteiger partial charge in [-0.15, -0.1) is 0 Å². The van der Waals surface area contributed by atoms with E-state index in [1.165, 1.54) is 11.4 Å². The highest BCUT2D eigenvalue weighted by molar-refractivity contribution is 7.87. The van der Waals surface area contributed by atoms with Gasteiger partial charge in [0.05, 0.1) is 18.9 Å². The second-order valence-corrected chi connectivity index (χ2v) is 9.93. The van der Waals surface area contributed by atoms with E-state index in [9.17, 15) is 8.42 Å². The summed E-state index contributed by atoms with van der Waals surface area (Å²) in [6, 6.07) is 0.0577. The standard InChI is InChI=1S/C19H27N9O3S/c1-21-32(29,30)27-4-2-14(12-27)28-5-3-15-16(13-10-22-18(20)23-11-13)24-19(25-17(15)28)26-6-8-31-9-7-26/h10-11,14,21H,2-9,12H2,1H3,(H2,20,22,23). The zero-order chi connectivity index (χ0) is 22.3. The lowest BCUT2D eigenvalue weighted by Crippen LogP contribution is -2.41. The van der Waals surface area contributed by atoms with Gasteiger partial charge in [-0.2, -0.15) is 17.7 Å². The lowest BCUT2D eigenvalue weighted by atomic mass is 10.1. The summed E-state index contributed by atoms with van der Waals surface area (Å²) >= 11 is 0. The molecule has 0 bridgehead atoms. The van der Waals surface area contributed by atoms with E-state index in [0.717, 1.165) is 42.0 Å². The van der Waals surface area contributed by atoms with Gasteiger partial charge in [0.1, 0.15) is 5.82 Å². The molecule has 0 spiro atoms. The Labute approximate surface area is 187 Å². The van der Waals surface area contributed by atoms with E-state index in [1.54, 1.807) is 12.4 Å². The Bertz CT molecular complexity index is 1090. The monoisotopic (exact) mass is 461 g/mol. The Morgan fingerprint density at radius 1 is 1.12 bits per heavy atom. The number of nitrogens with zero attached hydrogens (tertiary/aromatic N) is 7. The highest BCUT2D eigenvalue weighted by Gasteiger charge is 2.38. The first kappa shape index (κ1) is 21.2. The first-order valence-electron chi connectivity index (χ1n) is 10.7. The van der Waals surface area contributed by atoms with E-state index in [2.05, 4.69) is 24.5 Å². The first-order valence-corrected chi connectivity index (χ1v) is 12.2. The number of nitrogen functional groups attached to an aromatic ring is 1. The number of rotatable bonds is 5. The number of ether oxygens (including phenoxy) is 1. The van der Waals surface area contributed by atoms with Gasteiger partial charge in [0.15, 0.2) is 0 Å². The van der Waals surface area contributed by atoms with Crippen molar-refractivity contribution >= 4 is 27.9 Å². The Morgan fingerprint density at radius 2 is 1.88 bits per heavy atom. The van der Waals surface area contributed by atoms with Crippen molar-refractivity contribution in [2.75, 3.05) is 68.5 Å². The van der Waals surface area contributed by atoms with Gasteiger partial charge in [0.25, 0.3) is 10.2 Å². The van der Waals surface area contributed by atoms with Crippen LogP contribution in [0.3, 0.4) is 0 Å². The second kappa shape index (κ2) is 8.39. The summed E-state index contributed by atoms with van der Waals surface area (Å²) in [5.41, 5.74) is 8.31. The maximum absolute atomic E-state index is 12.3. The predicted octanol–water partition coefficient (Wildman–Crippen LogP) is -0.747. The molecule has 5 heterocycles. The topological polar surface area (TPSA) is 143 Å². The van der Waals surface area contributed by atoms with Crippen molar-refractivity contribution < 1.29 is 13.2 Å². The molecule has 0 amide bonds. The Hall–Kier alpha value is -2.61. The van der Waals surface area contributed by atoms with Crippen LogP contribution in [0.2, 0.25) is 0 Å². The molecule has 3 N–H and O–H groups in total. The maximum Gasteiger partial charge on any atom is 0.279 e. The normalized spacial score (nSPS) is 21.8. The Kier molecular flexibility index (Phi) is 5.57. The molecule has 0 aliphatic carbocycles. The molecule has 2 saturated heterocycles. The molecule has 3 aliphatic heterocycles. The number of anilines is 3. The third-order valence-electron chi connectivity index (χ3n) is 6.25. The zero-order valence-corrected chi connectivity index (χ0v) is 18.8. The van der Waals surface area contributed by atoms with Crippen LogP contribution in [-0.2, 0) is 21.4 Å². The maximum atomic E-state index is 12.3. The molecule has 0 radical (unpaired) electrons. The summed E-state index contributed by atoms with van der Waals surface area (Å²) < 4.78 is 33.9. The molecule has 5 rings (SSSR count). The molecule has 13 heteroatoms. The van der Waals surface area contributed by atoms with E-state index in [-0.39, 0.29) is 12.0 Å². The quantitative estimate of drug-likeness (QED) is 0.584. The van der Waals surface area contributed by atoms with Gasteiger partial charge in [-0.3, -0.25) is 0 Å². The molecule has 2 fully saturated rings. The van der Waals surface area contributed by atoms with Gasteiger partial charge in [-0.25, -0.2) is 19.7 Å². The molecule has 1 atom stereocenters. The number of nitrogens with one attached hydrogen (secondary N) is 1. The average molecular weight is 462 g/mol. The van der Waals surface area contributed by atoms with Crippen LogP contribution in [0.4, 0.5) is 17.7 Å². The molecule has 172 valence electrons. The van der Waals surface area contributed by atoms with Crippen molar-refractivity contribution in [1.82, 2.24) is 29.0 Å². The summed E-state index contributed by atoms with van der Waals surface area (Å²) in [5.74, 6) is 1.72. The van der Waals surface area contributed by atoms with Gasteiger partial charge >= 0.3 is 0 Å². The Balaban J connectivity index is 1.52. The predicted molar refractivity (Wildman–Crippen MR) is 120 cm³/mol. The van der Waals surface area contributed by atoms with Crippen molar-refractivity contribution in [2.45, 2.75) is 18.9 Å². The van der Waals surface area contributed by atoms with Crippen LogP contribution >= 0.6 is 0 Å². The second-order valence-electron chi connectivity index (χ2n) is 8.06. The number of fused-ring (bicyclic) bond motifs is 1. The van der Waals surface area contributed by atoms with E-state index in [4.69, 9.17) is 20.4 Å². The molecule has 3 aliphatic rings. The molecule has 0 saturated carbocycles. The minimum atomic E-state index is -3.44. The van der Waals surface area contributed by atoms with Crippen molar-refractivity contribution in [3.05, 3.63) is 18.0 Å². The fourth-order valence-corrected chi connectivity index (χ4v) is 5.51. The third-order valence-corrected chi connectivity index (χ3v) is 7.78. The van der Waals surface area contributed by atoms with Crippen LogP contribution in [0, 0.1) is 0 Å². The van der Waals surface area contributed by atoms with Crippen LogP contribution < -0.4 is 20.3 Å². The van der Waals surface area contributed by atoms with Crippen molar-refractivity contribution in [1.29, 1.82) is 0 Å². The third kappa shape index (κ3) is 3.85. The minimum Gasteiger partial charge on any atom is -0.378 e. The average Bonchev–Trinajstić information content (AvgIpc) is 3.47. The van der Waals surface area contributed by atoms with Crippen molar-refractivity contribution in [2.24, 2.45) is 0 Å². The van der Waals surface area contributed by atoms with Crippen molar-refractivity contribution in [3.8, 4) is 11.3 Å². The van der Waals surface area contributed by atoms with Crippen LogP contribution in [-0.4, -0.2) is 91.7 Å². The van der Waals surface area contributed by atoms with Gasteiger partial charge in [-0.05, 0) is 12.8 Å². The lowest BCUT2D eigenvalue weighted by Gasteiger charge is -2.30. The highest BCUT2D eigenvalue weighted by Crippen LogP contribution is 2.37. The molecule has 0 aromatic carbocycles. The molecule has 12 nitrogen and oxygen atoms in total. The Morgan fingerprint density at radius 3 is 2.59 bits per heavy atom. The van der Waals surface area contributed by atoms with Crippen LogP contribution in [0.25, 0.3) is 11.3 Å². The van der Waals surface area contributed by atoms with E-state index in [1.807, 2.05) is 0 Å². The molecular formula is C19H27N9O3S. The fraction of sp³-hybridized carbons (Fsp3) is 0.579. The van der Waals surface area contributed by atoms with Gasteiger partial charge < -0.3 is 20.3 Å². The van der Waals surface area contributed by atoms with Crippen LogP contribution in [0.15, 0.2) is 12.4 Å². The number of hydrogen-bond acceptors (Lipinski definition) is 10. The molecule has 2 aromatic heterocycles. The van der Waals surface area contributed by atoms with Crippen molar-refractivity contribution in [3.63, 3.8) is 0 Å². The van der Waals surface area contributed by atoms with Crippen LogP contribution in [0.5, 0.6) is 0 Å². The number of nitrogens with two attached hydrogens (primary N) is 1. The highest BCUT2D eigenvalue weighted by atomic mass is 32.2. The largest absolute Gasteiger partial charge is 0.378 e. The summed E-state index contributed by atoms with van der Waals surface area (Å²) in [6.45, 7) is 4.37. The molecule has 1 unspecified atom stereocenters. The minimum absolute atomic E-state index is 0.0577. The molecular weight excluding hydrogens is 434 g/mol. The smallest absolute Gasteiger partial charge is 0.279 e. The fourth-order valence-electron chi connectivity index (χ4n) is 4.54. The summed E-state index contributed by atoms with van der Waals surface area (Å²) in [7, 11) is -2.00. The van der Waals surface area contributed by atoms with Crippen LogP contribution in [0.1, 0.15) is 12.0 Å². The van der Waals surface area contributed by atoms with E-state index >= 15 is 0 Å². The van der Waals surface area contributed by atoms with Gasteiger partial charge in [-0.1, -0.05) is 0 Å².